The van der Waals surface area contributed by atoms with Gasteiger partial charge in [-0.05, 0) is 18.2 Å². The van der Waals surface area contributed by atoms with Crippen LogP contribution in [0.4, 0.5) is 5.69 Å². The number of nitrogens with one attached hydrogen (secondary N) is 2. The van der Waals surface area contributed by atoms with Crippen molar-refractivity contribution in [2.45, 2.75) is 11.0 Å². The van der Waals surface area contributed by atoms with Crippen molar-refractivity contribution < 1.29 is 17.9 Å². The van der Waals surface area contributed by atoms with Crippen molar-refractivity contribution in [1.82, 2.24) is 5.32 Å². The van der Waals surface area contributed by atoms with Crippen LogP contribution in [-0.4, -0.2) is 40.1 Å². The summed E-state index contributed by atoms with van der Waals surface area (Å²) in [6, 6.07) is 5.77. The molecule has 0 bridgehead atoms. The lowest BCUT2D eigenvalue weighted by Gasteiger charge is -2.22. The van der Waals surface area contributed by atoms with E-state index < -0.39 is 16.1 Å². The van der Waals surface area contributed by atoms with Crippen LogP contribution in [0.1, 0.15) is 0 Å². The molecule has 0 aromatic heterocycles. The molecule has 19 heavy (non-hydrogen) atoms. The normalized spacial score (nSPS) is 19.9. The second-order valence-corrected chi connectivity index (χ2v) is 5.69. The number of primary sulfonamides is 1. The molecule has 2 rings (SSSR count). The van der Waals surface area contributed by atoms with Gasteiger partial charge in [-0.3, -0.25) is 4.79 Å². The number of anilines is 1. The summed E-state index contributed by atoms with van der Waals surface area (Å²) in [6.07, 6.45) is -0.577. The molecule has 1 aliphatic rings. The van der Waals surface area contributed by atoms with Gasteiger partial charge in [-0.2, -0.15) is 0 Å². The number of ether oxygens (including phenoxy) is 1. The fourth-order valence-electron chi connectivity index (χ4n) is 1.71. The number of rotatable bonds is 3. The van der Waals surface area contributed by atoms with E-state index in [4.69, 9.17) is 9.88 Å². The smallest absolute Gasteiger partial charge is 0.254 e. The van der Waals surface area contributed by atoms with Crippen LogP contribution in [-0.2, 0) is 19.6 Å². The third-order valence-electron chi connectivity index (χ3n) is 2.65. The molecule has 1 aromatic carbocycles. The zero-order valence-corrected chi connectivity index (χ0v) is 10.9. The van der Waals surface area contributed by atoms with Crippen molar-refractivity contribution in [3.05, 3.63) is 24.3 Å². The lowest BCUT2D eigenvalue weighted by molar-refractivity contribution is -0.128. The molecule has 0 spiro atoms. The van der Waals surface area contributed by atoms with Crippen molar-refractivity contribution >= 4 is 21.6 Å². The summed E-state index contributed by atoms with van der Waals surface area (Å²) in [7, 11) is -3.78. The second-order valence-electron chi connectivity index (χ2n) is 4.13. The van der Waals surface area contributed by atoms with Crippen molar-refractivity contribution in [1.29, 1.82) is 0 Å². The summed E-state index contributed by atoms with van der Waals surface area (Å²) in [6.45, 7) is 1.61. The molecule has 1 heterocycles. The first-order chi connectivity index (χ1) is 8.97. The van der Waals surface area contributed by atoms with Gasteiger partial charge in [0.05, 0.1) is 11.5 Å². The maximum Gasteiger partial charge on any atom is 0.254 e. The van der Waals surface area contributed by atoms with E-state index >= 15 is 0 Å². The van der Waals surface area contributed by atoms with E-state index in [0.717, 1.165) is 0 Å². The van der Waals surface area contributed by atoms with E-state index in [0.29, 0.717) is 25.4 Å². The molecule has 1 aromatic rings. The topological polar surface area (TPSA) is 111 Å². The Balaban J connectivity index is 2.08. The summed E-state index contributed by atoms with van der Waals surface area (Å²) in [5.41, 5.74) is 0.366. The maximum atomic E-state index is 11.9. The number of benzene rings is 1. The highest BCUT2D eigenvalue weighted by Gasteiger charge is 2.22. The van der Waals surface area contributed by atoms with Crippen molar-refractivity contribution in [2.24, 2.45) is 5.14 Å². The number of carbonyl (C=O) groups is 1. The predicted molar refractivity (Wildman–Crippen MR) is 69.1 cm³/mol. The van der Waals surface area contributed by atoms with E-state index in [9.17, 15) is 13.2 Å². The fraction of sp³-hybridized carbons (Fsp3) is 0.364. The molecule has 1 aliphatic heterocycles. The van der Waals surface area contributed by atoms with Crippen LogP contribution in [0, 0.1) is 0 Å². The van der Waals surface area contributed by atoms with Crippen LogP contribution in [0.2, 0.25) is 0 Å². The molecule has 104 valence electrons. The number of carbonyl (C=O) groups excluding carboxylic acids is 1. The Morgan fingerprint density at radius 2 is 2.26 bits per heavy atom. The summed E-state index contributed by atoms with van der Waals surface area (Å²) in [4.78, 5) is 11.8. The Morgan fingerprint density at radius 1 is 1.47 bits per heavy atom. The minimum Gasteiger partial charge on any atom is -0.366 e. The number of nitrogens with two attached hydrogens (primary N) is 1. The van der Waals surface area contributed by atoms with Gasteiger partial charge in [-0.1, -0.05) is 6.07 Å². The van der Waals surface area contributed by atoms with Gasteiger partial charge in [-0.15, -0.1) is 0 Å². The molecule has 1 unspecified atom stereocenters. The Bertz CT molecular complexity index is 567. The molecule has 1 atom stereocenters. The van der Waals surface area contributed by atoms with Crippen LogP contribution in [0.15, 0.2) is 29.2 Å². The van der Waals surface area contributed by atoms with E-state index in [2.05, 4.69) is 10.6 Å². The van der Waals surface area contributed by atoms with Crippen LogP contribution in [0.5, 0.6) is 0 Å². The van der Waals surface area contributed by atoms with Crippen molar-refractivity contribution in [2.75, 3.05) is 25.0 Å². The minimum absolute atomic E-state index is 0.0482. The molecule has 1 saturated heterocycles. The van der Waals surface area contributed by atoms with Gasteiger partial charge in [0.15, 0.2) is 0 Å². The number of morpholine rings is 1. The average molecular weight is 285 g/mol. The Hall–Kier alpha value is -1.48. The van der Waals surface area contributed by atoms with Gasteiger partial charge in [0, 0.05) is 18.8 Å². The minimum atomic E-state index is -3.78. The van der Waals surface area contributed by atoms with Crippen LogP contribution < -0.4 is 15.8 Å². The van der Waals surface area contributed by atoms with Crippen molar-refractivity contribution in [3.8, 4) is 0 Å². The number of sulfonamides is 1. The first kappa shape index (κ1) is 13.9. The number of amides is 1. The lowest BCUT2D eigenvalue weighted by Crippen LogP contribution is -2.45. The molecule has 0 aliphatic carbocycles. The molecule has 1 fully saturated rings. The quantitative estimate of drug-likeness (QED) is 0.677. The highest BCUT2D eigenvalue weighted by molar-refractivity contribution is 7.89. The number of hydrogen-bond donors (Lipinski definition) is 3. The summed E-state index contributed by atoms with van der Waals surface area (Å²) >= 11 is 0. The molecular weight excluding hydrogens is 270 g/mol. The Kier molecular flexibility index (Phi) is 4.15. The lowest BCUT2D eigenvalue weighted by atomic mass is 10.2. The van der Waals surface area contributed by atoms with E-state index in [1.807, 2.05) is 0 Å². The van der Waals surface area contributed by atoms with E-state index in [1.165, 1.54) is 18.2 Å². The van der Waals surface area contributed by atoms with Gasteiger partial charge in [0.2, 0.25) is 10.0 Å². The summed E-state index contributed by atoms with van der Waals surface area (Å²) in [5.74, 6) is -0.321. The monoisotopic (exact) mass is 285 g/mol. The van der Waals surface area contributed by atoms with E-state index in [1.54, 1.807) is 6.07 Å². The van der Waals surface area contributed by atoms with Crippen LogP contribution >= 0.6 is 0 Å². The highest BCUT2D eigenvalue weighted by atomic mass is 32.2. The van der Waals surface area contributed by atoms with Crippen LogP contribution in [0.25, 0.3) is 0 Å². The zero-order chi connectivity index (χ0) is 13.9. The number of hydrogen-bond acceptors (Lipinski definition) is 5. The Morgan fingerprint density at radius 3 is 2.89 bits per heavy atom. The average Bonchev–Trinajstić information content (AvgIpc) is 2.39. The molecule has 1 amide bonds. The zero-order valence-electron chi connectivity index (χ0n) is 10.1. The van der Waals surface area contributed by atoms with Crippen molar-refractivity contribution in [3.63, 3.8) is 0 Å². The van der Waals surface area contributed by atoms with E-state index in [-0.39, 0.29) is 10.8 Å². The summed E-state index contributed by atoms with van der Waals surface area (Å²) < 4.78 is 27.7. The third kappa shape index (κ3) is 3.74. The highest BCUT2D eigenvalue weighted by Crippen LogP contribution is 2.14. The predicted octanol–water partition coefficient (Wildman–Crippen LogP) is -0.739. The fourth-order valence-corrected chi connectivity index (χ4v) is 2.27. The maximum absolute atomic E-state index is 11.9. The Labute approximate surface area is 111 Å². The molecule has 0 radical (unpaired) electrons. The van der Waals surface area contributed by atoms with Gasteiger partial charge in [-0.25, -0.2) is 13.6 Å². The van der Waals surface area contributed by atoms with Gasteiger partial charge in [0.25, 0.3) is 5.91 Å². The SMILES string of the molecule is NS(=O)(=O)c1cccc(NC(=O)C2CNCCO2)c1. The van der Waals surface area contributed by atoms with Gasteiger partial charge < -0.3 is 15.4 Å². The first-order valence-corrected chi connectivity index (χ1v) is 7.27. The standard InChI is InChI=1S/C11H15N3O4S/c12-19(16,17)9-3-1-2-8(6-9)14-11(15)10-7-13-4-5-18-10/h1-3,6,10,13H,4-5,7H2,(H,14,15)(H2,12,16,17). The molecule has 8 heteroatoms. The second kappa shape index (κ2) is 5.66. The van der Waals surface area contributed by atoms with Crippen LogP contribution in [0.3, 0.4) is 0 Å². The summed E-state index contributed by atoms with van der Waals surface area (Å²) in [5, 5.41) is 10.7. The third-order valence-corrected chi connectivity index (χ3v) is 3.56. The molecule has 7 nitrogen and oxygen atoms in total. The molecular formula is C11H15N3O4S. The largest absolute Gasteiger partial charge is 0.366 e. The molecule has 0 saturated carbocycles. The van der Waals surface area contributed by atoms with Gasteiger partial charge >= 0.3 is 0 Å². The molecule has 4 N–H and O–H groups in total. The first-order valence-electron chi connectivity index (χ1n) is 5.73. The van der Waals surface area contributed by atoms with Gasteiger partial charge in [0.1, 0.15) is 6.10 Å².